The molecule has 0 unspecified atom stereocenters. The molecule has 0 amide bonds. The quantitative estimate of drug-likeness (QED) is 0.288. The Kier molecular flexibility index (Phi) is 14.6. The van der Waals surface area contributed by atoms with Crippen molar-refractivity contribution in [2.75, 3.05) is 0 Å². The Morgan fingerprint density at radius 2 is 1.00 bits per heavy atom. The van der Waals surface area contributed by atoms with E-state index in [-0.39, 0.29) is 69.9 Å². The zero-order valence-corrected chi connectivity index (χ0v) is 8.97. The molecule has 0 aliphatic rings. The van der Waals surface area contributed by atoms with Crippen molar-refractivity contribution < 1.29 is 89.1 Å². The Morgan fingerprint density at radius 1 is 1.00 bits per heavy atom. The van der Waals surface area contributed by atoms with Crippen LogP contribution in [0.3, 0.4) is 0 Å². The van der Waals surface area contributed by atoms with Gasteiger partial charge in [0.05, 0.1) is 0 Å². The maximum atomic E-state index is 7.33. The first kappa shape index (κ1) is 16.1. The van der Waals surface area contributed by atoms with Crippen LogP contribution in [0.1, 0.15) is 1.43 Å². The van der Waals surface area contributed by atoms with Gasteiger partial charge in [-0.3, -0.25) is 0 Å². The molecule has 0 aliphatic carbocycles. The third-order valence-electron chi connectivity index (χ3n) is 0. The van der Waals surface area contributed by atoms with Crippen molar-refractivity contribution in [3.8, 4) is 0 Å². The molecule has 0 aromatic rings. The number of hydrogen-bond acceptors (Lipinski definition) is 4. The van der Waals surface area contributed by atoms with Gasteiger partial charge in [0.25, 0.3) is 0 Å². The van der Waals surface area contributed by atoms with Crippen molar-refractivity contribution in [2.45, 2.75) is 0 Å². The van der Waals surface area contributed by atoms with Crippen molar-refractivity contribution in [3.05, 3.63) is 0 Å². The minimum absolute atomic E-state index is 0. The Bertz CT molecular complexity index is 31.5. The van der Waals surface area contributed by atoms with Crippen LogP contribution in [0.15, 0.2) is 0 Å². The van der Waals surface area contributed by atoms with Gasteiger partial charge in [-0.15, -0.1) is 0 Å². The Hall–Kier alpha value is 2.21. The molecule has 7 heteroatoms. The Balaban J connectivity index is -0.0000000267. The second-order valence-electron chi connectivity index (χ2n) is 0.600. The minimum Gasteiger partial charge on any atom is -1.00 e. The largest absolute Gasteiger partial charge is 1.00 e. The maximum Gasteiger partial charge on any atom is 1.00 e. The van der Waals surface area contributed by atoms with Crippen LogP contribution in [0.4, 0.5) is 0 Å². The molecule has 4 nitrogen and oxygen atoms in total. The summed E-state index contributed by atoms with van der Waals surface area (Å²) in [6.07, 6.45) is 0. The summed E-state index contributed by atoms with van der Waals surface area (Å²) >= 11 is 0. The molecule has 0 rings (SSSR count). The van der Waals surface area contributed by atoms with Crippen LogP contribution < -0.4 is 51.4 Å². The first-order chi connectivity index (χ1) is 2.00. The number of rotatable bonds is 0. The van der Waals surface area contributed by atoms with Gasteiger partial charge < -0.3 is 20.6 Å². The van der Waals surface area contributed by atoms with Crippen molar-refractivity contribution in [3.63, 3.8) is 0 Å². The van der Waals surface area contributed by atoms with Crippen LogP contribution in [-0.4, -0.2) is 28.2 Å². The summed E-state index contributed by atoms with van der Waals surface area (Å²) in [5, 5.41) is 0. The zero-order chi connectivity index (χ0) is 4.50. The van der Waals surface area contributed by atoms with Crippen LogP contribution >= 0.6 is 0 Å². The molecule has 0 aromatic heterocycles. The van der Waals surface area contributed by atoms with Gasteiger partial charge in [-0.05, 0) is 0 Å². The summed E-state index contributed by atoms with van der Waals surface area (Å²) in [6.45, 7) is 0. The first-order valence-corrected chi connectivity index (χ1v) is 2.68. The van der Waals surface area contributed by atoms with Crippen LogP contribution in [0.5, 0.6) is 0 Å². The molecule has 0 spiro atoms. The summed E-state index contributed by atoms with van der Waals surface area (Å²) < 4.78 is 0. The molecule has 0 heterocycles. The molecular weight excluding hydrogens is 186 g/mol. The standard InChI is InChI=1S/K.Mn.H4O4Si.H/c;;1-5(2,3)4;/h;;1-4H;/q+1;;;-1. The second kappa shape index (κ2) is 6.33. The van der Waals surface area contributed by atoms with Gasteiger partial charge >= 0.3 is 60.4 Å². The molecule has 0 saturated heterocycles. The fraction of sp³-hybridized carbons (Fsp3) is 0. The summed E-state index contributed by atoms with van der Waals surface area (Å²) in [4.78, 5) is 29.3. The third kappa shape index (κ3) is 64.7. The van der Waals surface area contributed by atoms with Crippen LogP contribution in [0.25, 0.3) is 0 Å². The molecule has 0 saturated carbocycles. The van der Waals surface area contributed by atoms with Gasteiger partial charge in [-0.2, -0.15) is 0 Å². The summed E-state index contributed by atoms with van der Waals surface area (Å²) in [7, 11) is -4.61. The van der Waals surface area contributed by atoms with Gasteiger partial charge in [-0.25, -0.2) is 0 Å². The molecule has 0 aromatic carbocycles. The van der Waals surface area contributed by atoms with E-state index < -0.39 is 9.05 Å². The minimum atomic E-state index is -4.61. The van der Waals surface area contributed by atoms with E-state index in [9.17, 15) is 0 Å². The van der Waals surface area contributed by atoms with Crippen LogP contribution in [-0.2, 0) is 17.1 Å². The van der Waals surface area contributed by atoms with Crippen molar-refractivity contribution in [2.24, 2.45) is 0 Å². The average Bonchev–Trinajstić information content (AvgIpc) is 0.722. The van der Waals surface area contributed by atoms with E-state index in [0.29, 0.717) is 0 Å². The van der Waals surface area contributed by atoms with Crippen molar-refractivity contribution in [1.29, 1.82) is 0 Å². The zero-order valence-electron chi connectivity index (χ0n) is 4.67. The second-order valence-corrected chi connectivity index (χ2v) is 1.80. The fourth-order valence-electron chi connectivity index (χ4n) is 0. The van der Waals surface area contributed by atoms with E-state index in [1.807, 2.05) is 0 Å². The summed E-state index contributed by atoms with van der Waals surface area (Å²) in [6, 6.07) is 0. The normalized spacial score (nSPS) is 8.57. The number of hydrogen-bond donors (Lipinski definition) is 4. The monoisotopic (exact) mass is 191 g/mol. The molecule has 4 N–H and O–H groups in total. The summed E-state index contributed by atoms with van der Waals surface area (Å²) in [5.41, 5.74) is 0. The Labute approximate surface area is 96.4 Å². The van der Waals surface area contributed by atoms with Crippen LogP contribution in [0, 0.1) is 0 Å². The Morgan fingerprint density at radius 3 is 1.00 bits per heavy atom. The first-order valence-electron chi connectivity index (χ1n) is 0.894. The smallest absolute Gasteiger partial charge is 1.00 e. The van der Waals surface area contributed by atoms with Crippen molar-refractivity contribution in [1.82, 2.24) is 0 Å². The molecule has 0 bridgehead atoms. The van der Waals surface area contributed by atoms with Crippen molar-refractivity contribution >= 4 is 9.05 Å². The fourth-order valence-corrected chi connectivity index (χ4v) is 0. The molecule has 7 heavy (non-hydrogen) atoms. The van der Waals surface area contributed by atoms with E-state index in [1.165, 1.54) is 0 Å². The average molecular weight is 191 g/mol. The van der Waals surface area contributed by atoms with Crippen LogP contribution in [0.2, 0.25) is 0 Å². The van der Waals surface area contributed by atoms with E-state index in [2.05, 4.69) is 0 Å². The van der Waals surface area contributed by atoms with Gasteiger partial charge in [0.2, 0.25) is 0 Å². The van der Waals surface area contributed by atoms with E-state index in [0.717, 1.165) is 0 Å². The maximum absolute atomic E-state index is 7.33. The molecule has 41 valence electrons. The SMILES string of the molecule is O[Si](O)(O)O.[H-].[K+].[Mn]. The summed E-state index contributed by atoms with van der Waals surface area (Å²) in [5.74, 6) is 0. The van der Waals surface area contributed by atoms with Gasteiger partial charge in [0.1, 0.15) is 0 Å². The van der Waals surface area contributed by atoms with Gasteiger partial charge in [0, 0.05) is 17.1 Å². The molecular formula is H5KMnO4Si. The van der Waals surface area contributed by atoms with E-state index in [1.54, 1.807) is 0 Å². The molecule has 0 atom stereocenters. The predicted molar refractivity (Wildman–Crippen MR) is 15.7 cm³/mol. The topological polar surface area (TPSA) is 80.9 Å². The van der Waals surface area contributed by atoms with E-state index in [4.69, 9.17) is 19.2 Å². The molecule has 0 fully saturated rings. The van der Waals surface area contributed by atoms with Gasteiger partial charge in [-0.1, -0.05) is 0 Å². The van der Waals surface area contributed by atoms with Gasteiger partial charge in [0.15, 0.2) is 0 Å². The predicted octanol–water partition coefficient (Wildman–Crippen LogP) is -5.49. The molecule has 0 aliphatic heterocycles. The van der Waals surface area contributed by atoms with E-state index >= 15 is 0 Å². The molecule has 1 radical (unpaired) electrons. The third-order valence-corrected chi connectivity index (χ3v) is 0.